The highest BCUT2D eigenvalue weighted by molar-refractivity contribution is 5.99. The van der Waals surface area contributed by atoms with Crippen LogP contribution >= 0.6 is 0 Å². The van der Waals surface area contributed by atoms with E-state index in [0.29, 0.717) is 13.1 Å². The molecule has 3 aromatic rings. The van der Waals surface area contributed by atoms with Gasteiger partial charge in [-0.2, -0.15) is 0 Å². The number of carbonyl (C=O) groups excluding carboxylic acids is 2. The Labute approximate surface area is 223 Å². The van der Waals surface area contributed by atoms with Crippen molar-refractivity contribution >= 4 is 11.8 Å². The van der Waals surface area contributed by atoms with Crippen molar-refractivity contribution in [3.05, 3.63) is 99.0 Å². The second kappa shape index (κ2) is 10.3. The average molecular weight is 535 g/mol. The Kier molecular flexibility index (Phi) is 6.64. The Hall–Kier alpha value is -4.05. The zero-order chi connectivity index (χ0) is 27.1. The summed E-state index contributed by atoms with van der Waals surface area (Å²) in [6.07, 6.45) is 4.43. The molecule has 2 atom stereocenters. The van der Waals surface area contributed by atoms with E-state index in [0.717, 1.165) is 43.5 Å². The van der Waals surface area contributed by atoms with Crippen LogP contribution in [0.15, 0.2) is 59.5 Å². The molecule has 3 aliphatic rings. The summed E-state index contributed by atoms with van der Waals surface area (Å²) in [4.78, 5) is 44.7. The topological polar surface area (TPSA) is 83.9 Å². The van der Waals surface area contributed by atoms with Crippen LogP contribution in [-0.4, -0.2) is 51.5 Å². The molecule has 8 nitrogen and oxygen atoms in total. The van der Waals surface area contributed by atoms with E-state index >= 15 is 0 Å². The quantitative estimate of drug-likeness (QED) is 0.525. The van der Waals surface area contributed by atoms with Gasteiger partial charge in [-0.15, -0.1) is 0 Å². The van der Waals surface area contributed by atoms with Crippen LogP contribution in [0.25, 0.3) is 0 Å². The summed E-state index contributed by atoms with van der Waals surface area (Å²) in [6.45, 7) is 1.69. The van der Waals surface area contributed by atoms with E-state index in [9.17, 15) is 23.2 Å². The fourth-order valence-electron chi connectivity index (χ4n) is 5.84. The van der Waals surface area contributed by atoms with Gasteiger partial charge in [0.1, 0.15) is 30.0 Å². The van der Waals surface area contributed by atoms with Crippen LogP contribution in [0, 0.1) is 11.6 Å². The smallest absolute Gasteiger partial charge is 0.275 e. The van der Waals surface area contributed by atoms with Crippen molar-refractivity contribution in [3.63, 3.8) is 0 Å². The molecule has 0 radical (unpaired) electrons. The maximum absolute atomic E-state index is 14.1. The number of hydrogen-bond donors (Lipinski definition) is 1. The molecule has 2 amide bonds. The number of hydrogen-bond acceptors (Lipinski definition) is 5. The Morgan fingerprint density at radius 1 is 1.05 bits per heavy atom. The minimum absolute atomic E-state index is 0.0421. The standard InChI is InChI=1S/C29H28F2N4O4/c30-20-10-9-19(23(31)12-20)13-32-28(37)22-15-33-16-24-34-11-5-4-8-21(34)14-35(24)29(38)25(33)27(26(22)36)39-17-18-6-2-1-3-7-18/h1-3,6-7,9-10,12,15,21,24H,4-5,8,11,13-14,16-17H2,(H,32,37)/t21-,24?/m0/s1. The summed E-state index contributed by atoms with van der Waals surface area (Å²) in [5.41, 5.74) is 0.0953. The Bertz CT molecular complexity index is 1490. The number of benzene rings is 2. The predicted molar refractivity (Wildman–Crippen MR) is 138 cm³/mol. The fourth-order valence-corrected chi connectivity index (χ4v) is 5.84. The molecular weight excluding hydrogens is 506 g/mol. The molecular formula is C29H28F2N4O4. The van der Waals surface area contributed by atoms with Crippen LogP contribution < -0.4 is 15.5 Å². The molecule has 39 heavy (non-hydrogen) atoms. The predicted octanol–water partition coefficient (Wildman–Crippen LogP) is 3.29. The molecule has 1 unspecified atom stereocenters. The number of ether oxygens (including phenoxy) is 1. The lowest BCUT2D eigenvalue weighted by atomic mass is 10.0. The lowest BCUT2D eigenvalue weighted by molar-refractivity contribution is 0.0448. The van der Waals surface area contributed by atoms with Crippen LogP contribution in [0.2, 0.25) is 0 Å². The second-order valence-corrected chi connectivity index (χ2v) is 10.2. The van der Waals surface area contributed by atoms with Crippen LogP contribution in [0.3, 0.4) is 0 Å². The maximum Gasteiger partial charge on any atom is 0.275 e. The summed E-state index contributed by atoms with van der Waals surface area (Å²) in [6, 6.07) is 12.6. The van der Waals surface area contributed by atoms with Crippen LogP contribution in [0.4, 0.5) is 8.78 Å². The molecule has 3 aliphatic heterocycles. The van der Waals surface area contributed by atoms with Crippen molar-refractivity contribution in [2.24, 2.45) is 0 Å². The zero-order valence-electron chi connectivity index (χ0n) is 21.2. The Morgan fingerprint density at radius 2 is 1.87 bits per heavy atom. The molecule has 2 saturated heterocycles. The number of rotatable bonds is 6. The van der Waals surface area contributed by atoms with Crippen molar-refractivity contribution in [1.82, 2.24) is 19.7 Å². The third-order valence-electron chi connectivity index (χ3n) is 7.81. The highest BCUT2D eigenvalue weighted by atomic mass is 19.1. The molecule has 2 fully saturated rings. The minimum atomic E-state index is -0.799. The molecule has 1 N–H and O–H groups in total. The number of pyridine rings is 1. The van der Waals surface area contributed by atoms with E-state index in [-0.39, 0.29) is 53.8 Å². The Morgan fingerprint density at radius 3 is 2.67 bits per heavy atom. The van der Waals surface area contributed by atoms with Crippen molar-refractivity contribution in [2.75, 3.05) is 13.1 Å². The van der Waals surface area contributed by atoms with Crippen LogP contribution in [0.1, 0.15) is 51.2 Å². The molecule has 0 bridgehead atoms. The van der Waals surface area contributed by atoms with Crippen molar-refractivity contribution < 1.29 is 23.1 Å². The van der Waals surface area contributed by atoms with E-state index in [4.69, 9.17) is 4.74 Å². The summed E-state index contributed by atoms with van der Waals surface area (Å²) in [5.74, 6) is -2.72. The molecule has 1 aromatic heterocycles. The normalized spacial score (nSPS) is 20.3. The molecule has 6 rings (SSSR count). The van der Waals surface area contributed by atoms with Gasteiger partial charge in [-0.3, -0.25) is 19.3 Å². The SMILES string of the molecule is O=C(NCc1ccc(F)cc1F)c1cn2c(c(OCc3ccccc3)c1=O)C(=O)N1C[C@@H]3CCCCN3C1C2. The average Bonchev–Trinajstić information content (AvgIpc) is 3.31. The summed E-state index contributed by atoms with van der Waals surface area (Å²) in [7, 11) is 0. The number of fused-ring (bicyclic) bond motifs is 4. The van der Waals surface area contributed by atoms with Crippen molar-refractivity contribution in [1.29, 1.82) is 0 Å². The third kappa shape index (κ3) is 4.69. The number of nitrogens with zero attached hydrogens (tertiary/aromatic N) is 3. The lowest BCUT2D eigenvalue weighted by Crippen LogP contribution is -2.51. The van der Waals surface area contributed by atoms with Gasteiger partial charge in [0.2, 0.25) is 5.43 Å². The van der Waals surface area contributed by atoms with E-state index in [1.165, 1.54) is 12.3 Å². The van der Waals surface area contributed by atoms with Gasteiger partial charge in [0.25, 0.3) is 11.8 Å². The van der Waals surface area contributed by atoms with Gasteiger partial charge in [0.15, 0.2) is 11.4 Å². The van der Waals surface area contributed by atoms with E-state index in [1.807, 2.05) is 35.2 Å². The molecule has 0 spiro atoms. The first kappa shape index (κ1) is 25.2. The van der Waals surface area contributed by atoms with Gasteiger partial charge in [-0.25, -0.2) is 8.78 Å². The number of halogens is 2. The van der Waals surface area contributed by atoms with Crippen LogP contribution in [-0.2, 0) is 19.7 Å². The van der Waals surface area contributed by atoms with Gasteiger partial charge in [-0.1, -0.05) is 42.8 Å². The first-order chi connectivity index (χ1) is 18.9. The number of aromatic nitrogens is 1. The van der Waals surface area contributed by atoms with E-state index < -0.39 is 23.0 Å². The Balaban J connectivity index is 1.35. The van der Waals surface area contributed by atoms with Crippen LogP contribution in [0.5, 0.6) is 5.75 Å². The van der Waals surface area contributed by atoms with Gasteiger partial charge in [-0.05, 0) is 24.5 Å². The molecule has 0 aliphatic carbocycles. The number of amides is 2. The lowest BCUT2D eigenvalue weighted by Gasteiger charge is -2.38. The highest BCUT2D eigenvalue weighted by Crippen LogP contribution is 2.35. The first-order valence-corrected chi connectivity index (χ1v) is 13.1. The first-order valence-electron chi connectivity index (χ1n) is 13.1. The molecule has 202 valence electrons. The zero-order valence-corrected chi connectivity index (χ0v) is 21.2. The van der Waals surface area contributed by atoms with Gasteiger partial charge in [0.05, 0.1) is 6.54 Å². The number of nitrogens with one attached hydrogen (secondary N) is 1. The molecule has 10 heteroatoms. The van der Waals surface area contributed by atoms with Crippen molar-refractivity contribution in [3.8, 4) is 5.75 Å². The maximum atomic E-state index is 14.1. The summed E-state index contributed by atoms with van der Waals surface area (Å²) in [5, 5.41) is 2.55. The highest BCUT2D eigenvalue weighted by Gasteiger charge is 2.47. The van der Waals surface area contributed by atoms with Gasteiger partial charge < -0.3 is 19.5 Å². The molecule has 2 aromatic carbocycles. The number of piperidine rings is 1. The van der Waals surface area contributed by atoms with Gasteiger partial charge in [0, 0.05) is 43.5 Å². The molecule has 4 heterocycles. The largest absolute Gasteiger partial charge is 0.483 e. The number of carbonyl (C=O) groups is 2. The molecule has 0 saturated carbocycles. The van der Waals surface area contributed by atoms with Crippen molar-refractivity contribution in [2.45, 2.75) is 51.2 Å². The monoisotopic (exact) mass is 534 g/mol. The fraction of sp³-hybridized carbons (Fsp3) is 0.345. The minimum Gasteiger partial charge on any atom is -0.483 e. The summed E-state index contributed by atoms with van der Waals surface area (Å²) < 4.78 is 35.0. The van der Waals surface area contributed by atoms with Gasteiger partial charge >= 0.3 is 0 Å². The summed E-state index contributed by atoms with van der Waals surface area (Å²) >= 11 is 0. The second-order valence-electron chi connectivity index (χ2n) is 10.2. The third-order valence-corrected chi connectivity index (χ3v) is 7.81. The van der Waals surface area contributed by atoms with E-state index in [1.54, 1.807) is 4.57 Å². The van der Waals surface area contributed by atoms with E-state index in [2.05, 4.69) is 10.2 Å².